The van der Waals surface area contributed by atoms with Gasteiger partial charge in [-0.3, -0.25) is 4.79 Å². The number of hydrogen-bond donors (Lipinski definition) is 2. The number of thiazole rings is 1. The number of ether oxygens (including phenoxy) is 1. The standard InChI is InChI=1S/C17H18F3N5O3S2/c1-7-3-9-4-30-15(21)25-16(9,6-27-7)14-24-10(5-29-14)23-13(26)11-12(17(18,19)20)28-8(2)22-11/h5,7,9H,3-4,6H2,1-2H3,(H2,21,25)(H,23,26). The summed E-state index contributed by atoms with van der Waals surface area (Å²) in [5, 5.41) is 4.93. The number of nitrogens with zero attached hydrogens (tertiary/aromatic N) is 3. The first kappa shape index (κ1) is 21.1. The summed E-state index contributed by atoms with van der Waals surface area (Å²) in [5.41, 5.74) is 4.36. The van der Waals surface area contributed by atoms with E-state index in [-0.39, 0.29) is 23.7 Å². The van der Waals surface area contributed by atoms with Gasteiger partial charge in [-0.05, 0) is 13.3 Å². The molecule has 30 heavy (non-hydrogen) atoms. The number of aromatic nitrogens is 2. The number of hydrogen-bond acceptors (Lipinski definition) is 9. The molecule has 2 aromatic rings. The van der Waals surface area contributed by atoms with Crippen LogP contribution in [0.25, 0.3) is 0 Å². The minimum absolute atomic E-state index is 0.0774. The number of fused-ring (bicyclic) bond motifs is 1. The Morgan fingerprint density at radius 1 is 1.40 bits per heavy atom. The molecule has 0 saturated carbocycles. The summed E-state index contributed by atoms with van der Waals surface area (Å²) in [5.74, 6) is -1.75. The summed E-state index contributed by atoms with van der Waals surface area (Å²) in [4.78, 5) is 25.0. The van der Waals surface area contributed by atoms with Crippen LogP contribution in [0.3, 0.4) is 0 Å². The molecule has 4 heterocycles. The summed E-state index contributed by atoms with van der Waals surface area (Å²) in [6, 6.07) is 0. The quantitative estimate of drug-likeness (QED) is 0.720. The Bertz CT molecular complexity index is 1010. The highest BCUT2D eigenvalue weighted by Gasteiger charge is 2.49. The topological polar surface area (TPSA) is 116 Å². The average Bonchev–Trinajstić information content (AvgIpc) is 3.29. The van der Waals surface area contributed by atoms with Crippen molar-refractivity contribution < 1.29 is 27.1 Å². The van der Waals surface area contributed by atoms with Crippen molar-refractivity contribution >= 4 is 40.0 Å². The van der Waals surface area contributed by atoms with E-state index in [0.717, 1.165) is 12.2 Å². The maximum Gasteiger partial charge on any atom is 0.452 e. The number of nitrogens with one attached hydrogen (secondary N) is 1. The van der Waals surface area contributed by atoms with Gasteiger partial charge in [-0.2, -0.15) is 13.2 Å². The molecule has 3 unspecified atom stereocenters. The number of carbonyl (C=O) groups is 1. The molecule has 0 aliphatic carbocycles. The Morgan fingerprint density at radius 2 is 2.17 bits per heavy atom. The Morgan fingerprint density at radius 3 is 2.90 bits per heavy atom. The van der Waals surface area contributed by atoms with Crippen LogP contribution in [0.4, 0.5) is 19.0 Å². The van der Waals surface area contributed by atoms with Crippen LogP contribution in [0.1, 0.15) is 40.5 Å². The third-order valence-corrected chi connectivity index (χ3v) is 6.91. The second kappa shape index (κ2) is 7.54. The lowest BCUT2D eigenvalue weighted by molar-refractivity contribution is -0.153. The number of anilines is 1. The molecule has 0 radical (unpaired) electrons. The van der Waals surface area contributed by atoms with Gasteiger partial charge >= 0.3 is 6.18 Å². The van der Waals surface area contributed by atoms with E-state index >= 15 is 0 Å². The fraction of sp³-hybridized carbons (Fsp3) is 0.529. The molecule has 0 spiro atoms. The molecule has 0 aromatic carbocycles. The first-order valence-corrected chi connectivity index (χ1v) is 10.9. The zero-order valence-electron chi connectivity index (χ0n) is 15.9. The molecular weight excluding hydrogens is 443 g/mol. The molecule has 2 aliphatic rings. The van der Waals surface area contributed by atoms with E-state index in [0.29, 0.717) is 16.8 Å². The molecule has 4 rings (SSSR count). The summed E-state index contributed by atoms with van der Waals surface area (Å²) in [6.07, 6.45) is -3.98. The van der Waals surface area contributed by atoms with Crippen LogP contribution in [-0.2, 0) is 16.5 Å². The molecule has 1 saturated heterocycles. The number of nitrogens with two attached hydrogens (primary N) is 1. The molecule has 3 N–H and O–H groups in total. The number of oxazole rings is 1. The van der Waals surface area contributed by atoms with Gasteiger partial charge in [0.1, 0.15) is 16.4 Å². The zero-order valence-corrected chi connectivity index (χ0v) is 17.6. The predicted octanol–water partition coefficient (Wildman–Crippen LogP) is 3.39. The van der Waals surface area contributed by atoms with E-state index in [9.17, 15) is 18.0 Å². The monoisotopic (exact) mass is 461 g/mol. The number of amides is 1. The van der Waals surface area contributed by atoms with E-state index in [1.807, 2.05) is 6.92 Å². The highest BCUT2D eigenvalue weighted by Crippen LogP contribution is 2.47. The predicted molar refractivity (Wildman–Crippen MR) is 106 cm³/mol. The van der Waals surface area contributed by atoms with Crippen LogP contribution in [0, 0.1) is 12.8 Å². The first-order valence-electron chi connectivity index (χ1n) is 9.00. The first-order chi connectivity index (χ1) is 14.1. The fourth-order valence-corrected chi connectivity index (χ4v) is 5.53. The van der Waals surface area contributed by atoms with E-state index in [2.05, 4.69) is 24.7 Å². The van der Waals surface area contributed by atoms with Crippen LogP contribution in [0.2, 0.25) is 0 Å². The minimum atomic E-state index is -4.84. The Labute approximate surface area is 177 Å². The van der Waals surface area contributed by atoms with Crippen LogP contribution < -0.4 is 11.1 Å². The van der Waals surface area contributed by atoms with Gasteiger partial charge in [0.05, 0.1) is 12.7 Å². The van der Waals surface area contributed by atoms with Gasteiger partial charge in [-0.15, -0.1) is 11.3 Å². The second-order valence-corrected chi connectivity index (χ2v) is 9.04. The lowest BCUT2D eigenvalue weighted by atomic mass is 9.80. The summed E-state index contributed by atoms with van der Waals surface area (Å²) < 4.78 is 49.7. The SMILES string of the molecule is Cc1nc(C(=O)Nc2csc(C34COC(C)CC3CSC(N)=N4)n2)c(C(F)(F)F)o1. The van der Waals surface area contributed by atoms with E-state index in [4.69, 9.17) is 10.5 Å². The minimum Gasteiger partial charge on any atom is -0.436 e. The Balaban J connectivity index is 1.61. The lowest BCUT2D eigenvalue weighted by Gasteiger charge is -2.44. The molecule has 2 aliphatic heterocycles. The van der Waals surface area contributed by atoms with Crippen molar-refractivity contribution in [3.05, 3.63) is 27.7 Å². The highest BCUT2D eigenvalue weighted by atomic mass is 32.2. The molecule has 1 fully saturated rings. The smallest absolute Gasteiger partial charge is 0.436 e. The van der Waals surface area contributed by atoms with Gasteiger partial charge in [-0.1, -0.05) is 11.8 Å². The summed E-state index contributed by atoms with van der Waals surface area (Å²) >= 11 is 2.72. The molecule has 162 valence electrons. The van der Waals surface area contributed by atoms with E-state index < -0.39 is 29.1 Å². The summed E-state index contributed by atoms with van der Waals surface area (Å²) in [6.45, 7) is 3.52. The number of aliphatic imine (C=N–C) groups is 1. The second-order valence-electron chi connectivity index (χ2n) is 7.14. The van der Waals surface area contributed by atoms with Crippen LogP contribution in [0.5, 0.6) is 0 Å². The molecule has 2 aromatic heterocycles. The van der Waals surface area contributed by atoms with E-state index in [1.165, 1.54) is 30.0 Å². The van der Waals surface area contributed by atoms with Gasteiger partial charge in [0, 0.05) is 24.0 Å². The largest absolute Gasteiger partial charge is 0.452 e. The fourth-order valence-electron chi connectivity index (χ4n) is 3.56. The maximum absolute atomic E-state index is 13.1. The molecule has 1 amide bonds. The van der Waals surface area contributed by atoms with Gasteiger partial charge in [0.25, 0.3) is 5.91 Å². The molecule has 3 atom stereocenters. The van der Waals surface area contributed by atoms with Crippen molar-refractivity contribution in [3.63, 3.8) is 0 Å². The third kappa shape index (κ3) is 3.81. The van der Waals surface area contributed by atoms with Crippen molar-refractivity contribution in [1.29, 1.82) is 0 Å². The normalized spacial score (nSPS) is 26.8. The Hall–Kier alpha value is -2.12. The van der Waals surface area contributed by atoms with Crippen LogP contribution >= 0.6 is 23.1 Å². The van der Waals surface area contributed by atoms with Gasteiger partial charge in [0.2, 0.25) is 5.76 Å². The molecule has 8 nitrogen and oxygen atoms in total. The van der Waals surface area contributed by atoms with Crippen molar-refractivity contribution in [3.8, 4) is 0 Å². The average molecular weight is 461 g/mol. The third-order valence-electron chi connectivity index (χ3n) is 4.94. The maximum atomic E-state index is 13.1. The molecule has 0 bridgehead atoms. The van der Waals surface area contributed by atoms with Gasteiger partial charge in [0.15, 0.2) is 16.8 Å². The van der Waals surface area contributed by atoms with Gasteiger partial charge < -0.3 is 20.2 Å². The zero-order chi connectivity index (χ0) is 21.7. The van der Waals surface area contributed by atoms with Crippen molar-refractivity contribution in [2.75, 3.05) is 17.7 Å². The number of halogens is 3. The molecule has 13 heteroatoms. The highest BCUT2D eigenvalue weighted by molar-refractivity contribution is 8.13. The van der Waals surface area contributed by atoms with Crippen molar-refractivity contribution in [1.82, 2.24) is 9.97 Å². The lowest BCUT2D eigenvalue weighted by Crippen LogP contribution is -2.49. The number of thioether (sulfide) groups is 1. The molecular formula is C17H18F3N5O3S2. The number of amidine groups is 1. The van der Waals surface area contributed by atoms with Crippen LogP contribution in [0.15, 0.2) is 14.8 Å². The number of rotatable bonds is 3. The number of aryl methyl sites for hydroxylation is 1. The van der Waals surface area contributed by atoms with Crippen molar-refractivity contribution in [2.45, 2.75) is 38.1 Å². The van der Waals surface area contributed by atoms with E-state index in [1.54, 1.807) is 5.38 Å². The van der Waals surface area contributed by atoms with Crippen LogP contribution in [-0.4, -0.2) is 39.5 Å². The number of alkyl halides is 3. The Kier molecular flexibility index (Phi) is 5.31. The summed E-state index contributed by atoms with van der Waals surface area (Å²) in [7, 11) is 0. The van der Waals surface area contributed by atoms with Gasteiger partial charge in [-0.25, -0.2) is 15.0 Å². The number of carbonyl (C=O) groups excluding carboxylic acids is 1. The van der Waals surface area contributed by atoms with Crippen molar-refractivity contribution in [2.24, 2.45) is 16.6 Å².